The highest BCUT2D eigenvalue weighted by Crippen LogP contribution is 2.43. The van der Waals surface area contributed by atoms with Crippen molar-refractivity contribution in [1.82, 2.24) is 19.5 Å². The summed E-state index contributed by atoms with van der Waals surface area (Å²) in [6.45, 7) is 0. The summed E-state index contributed by atoms with van der Waals surface area (Å²) >= 11 is 0. The summed E-state index contributed by atoms with van der Waals surface area (Å²) in [4.78, 5) is 15.6. The maximum atomic E-state index is 5.27. The van der Waals surface area contributed by atoms with Gasteiger partial charge in [0.15, 0.2) is 0 Å². The molecule has 12 rings (SSSR count). The van der Waals surface area contributed by atoms with Crippen LogP contribution in [0.4, 0.5) is 0 Å². The standard InChI is InChI=1S/C55H34N4/c1-4-13-36(14-5-1)47-31-29-39-27-28-40-30-32-48(57-55(40)54(39)56-47)37-25-23-35(24-26-37)42-20-12-22-50-52(42)46-33-44-43-19-10-11-21-49(43)58-53(38-15-6-2-7-16-38)45(44)34-51(46)59(50)41-17-8-3-9-18-41/h1-34H. The zero-order chi connectivity index (χ0) is 38.9. The Morgan fingerprint density at radius 3 is 1.61 bits per heavy atom. The fraction of sp³-hybridized carbons (Fsp3) is 0. The highest BCUT2D eigenvalue weighted by molar-refractivity contribution is 6.23. The molecular weight excluding hydrogens is 717 g/mol. The van der Waals surface area contributed by atoms with E-state index in [-0.39, 0.29) is 0 Å². The van der Waals surface area contributed by atoms with Gasteiger partial charge in [0, 0.05) is 54.7 Å². The lowest BCUT2D eigenvalue weighted by Crippen LogP contribution is -1.94. The van der Waals surface area contributed by atoms with Gasteiger partial charge in [-0.3, -0.25) is 0 Å². The Morgan fingerprint density at radius 1 is 0.339 bits per heavy atom. The van der Waals surface area contributed by atoms with Crippen LogP contribution in [0.5, 0.6) is 0 Å². The van der Waals surface area contributed by atoms with Crippen LogP contribution in [-0.4, -0.2) is 19.5 Å². The molecule has 0 saturated carbocycles. The Balaban J connectivity index is 1.05. The maximum absolute atomic E-state index is 5.27. The number of pyridine rings is 3. The lowest BCUT2D eigenvalue weighted by atomic mass is 9.95. The summed E-state index contributed by atoms with van der Waals surface area (Å²) in [7, 11) is 0. The summed E-state index contributed by atoms with van der Waals surface area (Å²) < 4.78 is 2.41. The quantitative estimate of drug-likeness (QED) is 0.165. The Labute approximate surface area is 340 Å². The summed E-state index contributed by atoms with van der Waals surface area (Å²) in [5.41, 5.74) is 14.7. The number of hydrogen-bond acceptors (Lipinski definition) is 3. The first-order valence-corrected chi connectivity index (χ1v) is 20.0. The number of para-hydroxylation sites is 2. The molecule has 274 valence electrons. The van der Waals surface area contributed by atoms with Crippen molar-refractivity contribution < 1.29 is 0 Å². The number of benzene rings is 8. The van der Waals surface area contributed by atoms with Gasteiger partial charge in [-0.1, -0.05) is 158 Å². The topological polar surface area (TPSA) is 43.6 Å². The molecule has 0 bridgehead atoms. The van der Waals surface area contributed by atoms with E-state index in [2.05, 4.69) is 205 Å². The second kappa shape index (κ2) is 13.3. The fourth-order valence-electron chi connectivity index (χ4n) is 8.94. The number of rotatable bonds is 5. The lowest BCUT2D eigenvalue weighted by molar-refractivity contribution is 1.18. The Hall–Kier alpha value is -7.95. The molecule has 0 atom stereocenters. The molecule has 0 aliphatic carbocycles. The van der Waals surface area contributed by atoms with Crippen molar-refractivity contribution >= 4 is 65.3 Å². The van der Waals surface area contributed by atoms with Crippen molar-refractivity contribution in [2.24, 2.45) is 0 Å². The molecule has 12 aromatic rings. The highest BCUT2D eigenvalue weighted by Gasteiger charge is 2.20. The van der Waals surface area contributed by atoms with Crippen molar-refractivity contribution in [3.8, 4) is 50.6 Å². The Bertz CT molecular complexity index is 3580. The second-order valence-electron chi connectivity index (χ2n) is 15.2. The van der Waals surface area contributed by atoms with E-state index in [4.69, 9.17) is 15.0 Å². The molecule has 4 aromatic heterocycles. The van der Waals surface area contributed by atoms with E-state index in [1.54, 1.807) is 0 Å². The van der Waals surface area contributed by atoms with Gasteiger partial charge < -0.3 is 4.57 Å². The number of nitrogens with zero attached hydrogens (tertiary/aromatic N) is 4. The molecule has 0 unspecified atom stereocenters. The van der Waals surface area contributed by atoms with E-state index in [0.717, 1.165) is 94.2 Å². The predicted octanol–water partition coefficient (Wildman–Crippen LogP) is 14.2. The number of aromatic nitrogens is 4. The molecule has 4 heterocycles. The number of hydrogen-bond donors (Lipinski definition) is 0. The zero-order valence-electron chi connectivity index (χ0n) is 31.9. The molecule has 0 spiro atoms. The van der Waals surface area contributed by atoms with Gasteiger partial charge in [0.2, 0.25) is 0 Å². The molecule has 0 amide bonds. The fourth-order valence-corrected chi connectivity index (χ4v) is 8.94. The van der Waals surface area contributed by atoms with Gasteiger partial charge in [-0.05, 0) is 65.0 Å². The number of fused-ring (bicyclic) bond motifs is 9. The van der Waals surface area contributed by atoms with Crippen LogP contribution >= 0.6 is 0 Å². The van der Waals surface area contributed by atoms with E-state index in [1.807, 2.05) is 6.07 Å². The van der Waals surface area contributed by atoms with E-state index in [0.29, 0.717) is 0 Å². The van der Waals surface area contributed by atoms with Crippen molar-refractivity contribution in [3.63, 3.8) is 0 Å². The largest absolute Gasteiger partial charge is 0.309 e. The maximum Gasteiger partial charge on any atom is 0.0972 e. The summed E-state index contributed by atoms with van der Waals surface area (Å²) in [5, 5.41) is 8.05. The lowest BCUT2D eigenvalue weighted by Gasteiger charge is -2.12. The van der Waals surface area contributed by atoms with Gasteiger partial charge in [-0.25, -0.2) is 15.0 Å². The van der Waals surface area contributed by atoms with Crippen molar-refractivity contribution in [2.75, 3.05) is 0 Å². The molecule has 0 radical (unpaired) electrons. The molecule has 0 N–H and O–H groups in total. The van der Waals surface area contributed by atoms with Crippen molar-refractivity contribution in [2.45, 2.75) is 0 Å². The third-order valence-corrected chi connectivity index (χ3v) is 11.8. The molecule has 59 heavy (non-hydrogen) atoms. The Morgan fingerprint density at radius 2 is 0.915 bits per heavy atom. The van der Waals surface area contributed by atoms with Gasteiger partial charge in [0.05, 0.1) is 44.7 Å². The predicted molar refractivity (Wildman–Crippen MR) is 246 cm³/mol. The van der Waals surface area contributed by atoms with E-state index >= 15 is 0 Å². The summed E-state index contributed by atoms with van der Waals surface area (Å²) in [5.74, 6) is 0. The highest BCUT2D eigenvalue weighted by atomic mass is 15.0. The minimum Gasteiger partial charge on any atom is -0.309 e. The van der Waals surface area contributed by atoms with Gasteiger partial charge >= 0.3 is 0 Å². The van der Waals surface area contributed by atoms with Gasteiger partial charge in [0.25, 0.3) is 0 Å². The summed E-state index contributed by atoms with van der Waals surface area (Å²) in [6, 6.07) is 73.2. The minimum atomic E-state index is 0.908. The van der Waals surface area contributed by atoms with Gasteiger partial charge in [-0.2, -0.15) is 0 Å². The summed E-state index contributed by atoms with van der Waals surface area (Å²) in [6.07, 6.45) is 0. The van der Waals surface area contributed by atoms with Crippen molar-refractivity contribution in [1.29, 1.82) is 0 Å². The van der Waals surface area contributed by atoms with Crippen LogP contribution in [0.3, 0.4) is 0 Å². The minimum absolute atomic E-state index is 0.908. The van der Waals surface area contributed by atoms with Crippen LogP contribution in [0.15, 0.2) is 206 Å². The third-order valence-electron chi connectivity index (χ3n) is 11.8. The molecule has 0 saturated heterocycles. The van der Waals surface area contributed by atoms with Crippen LogP contribution in [-0.2, 0) is 0 Å². The van der Waals surface area contributed by atoms with Crippen LogP contribution in [0.25, 0.3) is 116 Å². The van der Waals surface area contributed by atoms with E-state index in [1.165, 1.54) is 21.7 Å². The van der Waals surface area contributed by atoms with Crippen LogP contribution < -0.4 is 0 Å². The van der Waals surface area contributed by atoms with Crippen LogP contribution in [0.2, 0.25) is 0 Å². The molecule has 0 aliphatic rings. The smallest absolute Gasteiger partial charge is 0.0972 e. The first-order chi connectivity index (χ1) is 29.2. The van der Waals surface area contributed by atoms with Crippen LogP contribution in [0.1, 0.15) is 0 Å². The van der Waals surface area contributed by atoms with Gasteiger partial charge in [0.1, 0.15) is 0 Å². The molecule has 0 fully saturated rings. The molecule has 0 aliphatic heterocycles. The SMILES string of the molecule is c1ccc(-c2ccc3ccc4ccc(-c5ccc(-c6cccc7c6c6cc8c(cc6n7-c6ccccc6)c(-c6ccccc6)nc6ccccc68)cc5)nc4c3n2)cc1. The zero-order valence-corrected chi connectivity index (χ0v) is 31.9. The normalized spacial score (nSPS) is 11.7. The first-order valence-electron chi connectivity index (χ1n) is 20.0. The first kappa shape index (κ1) is 33.2. The van der Waals surface area contributed by atoms with E-state index < -0.39 is 0 Å². The van der Waals surface area contributed by atoms with Crippen LogP contribution in [0, 0.1) is 0 Å². The molecule has 4 nitrogen and oxygen atoms in total. The third kappa shape index (κ3) is 5.42. The van der Waals surface area contributed by atoms with Crippen molar-refractivity contribution in [3.05, 3.63) is 206 Å². The average molecular weight is 751 g/mol. The Kier molecular flexibility index (Phi) is 7.50. The van der Waals surface area contributed by atoms with Gasteiger partial charge in [-0.15, -0.1) is 0 Å². The molecule has 8 aromatic carbocycles. The molecular formula is C55H34N4. The molecule has 4 heteroatoms. The average Bonchev–Trinajstić information content (AvgIpc) is 3.64. The second-order valence-corrected chi connectivity index (χ2v) is 15.2. The van der Waals surface area contributed by atoms with E-state index in [9.17, 15) is 0 Å². The monoisotopic (exact) mass is 750 g/mol.